The van der Waals surface area contributed by atoms with E-state index in [4.69, 9.17) is 11.3 Å². The van der Waals surface area contributed by atoms with Crippen LogP contribution < -0.4 is 4.90 Å². The van der Waals surface area contributed by atoms with Gasteiger partial charge in [0, 0.05) is 43.7 Å². The Morgan fingerprint density at radius 2 is 1.00 bits per heavy atom. The fraction of sp³-hybridized carbons (Fsp3) is 0. The van der Waals surface area contributed by atoms with Crippen molar-refractivity contribution in [2.75, 3.05) is 4.90 Å². The Bertz CT molecular complexity index is 3470. The fourth-order valence-electron chi connectivity index (χ4n) is 8.05. The normalized spacial score (nSPS) is 12.9. The Morgan fingerprint density at radius 3 is 1.78 bits per heavy atom. The molecule has 2 heterocycles. The summed E-state index contributed by atoms with van der Waals surface area (Å²) in [5.41, 5.74) is 9.83. The van der Waals surface area contributed by atoms with Crippen molar-refractivity contribution in [3.63, 3.8) is 0 Å². The molecule has 0 radical (unpaired) electrons. The van der Waals surface area contributed by atoms with Gasteiger partial charge >= 0.3 is 0 Å². The number of hydrogen-bond acceptors (Lipinski definition) is 3. The molecule has 9 aromatic carbocycles. The SMILES string of the molecule is [2H]c1c([2H])c([2H])c(-c2ccc(-c3ccc(N(c4ccc5c(c4)oc4ccccc45)c4cccc5c4sc4c(-c6ccccc6)cccc45)cc3)c3ccccc23)c([2H])c1[2H]. The van der Waals surface area contributed by atoms with E-state index < -0.39 is 6.04 Å². The van der Waals surface area contributed by atoms with Gasteiger partial charge in [-0.15, -0.1) is 11.3 Å². The minimum absolute atomic E-state index is 0.197. The molecular formula is C52H33NOS. The minimum Gasteiger partial charge on any atom is -0.456 e. The van der Waals surface area contributed by atoms with Gasteiger partial charge in [-0.3, -0.25) is 0 Å². The summed E-state index contributed by atoms with van der Waals surface area (Å²) in [4.78, 5) is 2.32. The summed E-state index contributed by atoms with van der Waals surface area (Å²) >= 11 is 1.81. The summed E-state index contributed by atoms with van der Waals surface area (Å²) in [5.74, 6) is 0. The molecule has 0 aliphatic rings. The predicted molar refractivity (Wildman–Crippen MR) is 235 cm³/mol. The minimum atomic E-state index is -0.401. The number of rotatable bonds is 6. The number of anilines is 3. The second-order valence-corrected chi connectivity index (χ2v) is 14.7. The number of para-hydroxylation sites is 1. The number of thiophene rings is 1. The standard InChI is InChI=1S/C52H33NOS/c1-3-13-34(14-4-1)39-31-32-40(43-18-8-7-17-42(39)43)36-25-27-37(28-26-36)53(38-29-30-45-44-19-9-10-24-49(44)54-50(45)33-38)48-23-12-22-47-46-21-11-20-41(51(46)55-52(47)48)35-15-5-2-6-16-35/h1-33H/i1D,3D,4D,13D,14D. The summed E-state index contributed by atoms with van der Waals surface area (Å²) in [6, 6.07) is 57.1. The van der Waals surface area contributed by atoms with E-state index in [1.165, 1.54) is 31.3 Å². The summed E-state index contributed by atoms with van der Waals surface area (Å²) in [6.45, 7) is 0. The second-order valence-electron chi connectivity index (χ2n) is 13.7. The number of nitrogens with zero attached hydrogens (tertiary/aromatic N) is 1. The number of hydrogen-bond donors (Lipinski definition) is 0. The van der Waals surface area contributed by atoms with Gasteiger partial charge in [0.1, 0.15) is 11.2 Å². The molecule has 0 N–H and O–H groups in total. The Balaban J connectivity index is 1.08. The van der Waals surface area contributed by atoms with Crippen molar-refractivity contribution in [3.05, 3.63) is 200 Å². The molecule has 0 amide bonds. The van der Waals surface area contributed by atoms with Gasteiger partial charge in [-0.25, -0.2) is 0 Å². The maximum Gasteiger partial charge on any atom is 0.137 e. The monoisotopic (exact) mass is 724 g/mol. The van der Waals surface area contributed by atoms with E-state index in [0.29, 0.717) is 5.56 Å². The first-order valence-electron chi connectivity index (χ1n) is 20.8. The molecule has 11 rings (SSSR count). The van der Waals surface area contributed by atoms with Gasteiger partial charge in [-0.05, 0) is 80.6 Å². The van der Waals surface area contributed by atoms with Crippen molar-refractivity contribution in [2.45, 2.75) is 0 Å². The zero-order valence-electron chi connectivity index (χ0n) is 34.4. The van der Waals surface area contributed by atoms with Gasteiger partial charge < -0.3 is 9.32 Å². The highest BCUT2D eigenvalue weighted by Crippen LogP contribution is 2.48. The van der Waals surface area contributed by atoms with Crippen molar-refractivity contribution >= 4 is 81.3 Å². The third kappa shape index (κ3) is 5.24. The van der Waals surface area contributed by atoms with Crippen molar-refractivity contribution in [3.8, 4) is 33.4 Å². The lowest BCUT2D eigenvalue weighted by molar-refractivity contribution is 0.669. The van der Waals surface area contributed by atoms with Crippen LogP contribution in [0.25, 0.3) is 86.3 Å². The van der Waals surface area contributed by atoms with E-state index in [-0.39, 0.29) is 29.7 Å². The van der Waals surface area contributed by atoms with E-state index in [0.717, 1.165) is 60.9 Å². The lowest BCUT2D eigenvalue weighted by Gasteiger charge is -2.26. The van der Waals surface area contributed by atoms with E-state index >= 15 is 0 Å². The summed E-state index contributed by atoms with van der Waals surface area (Å²) < 4.78 is 51.0. The molecular weight excluding hydrogens is 687 g/mol. The highest BCUT2D eigenvalue weighted by atomic mass is 32.1. The quantitative estimate of drug-likeness (QED) is 0.170. The van der Waals surface area contributed by atoms with Crippen molar-refractivity contribution in [1.29, 1.82) is 0 Å². The van der Waals surface area contributed by atoms with Crippen molar-refractivity contribution in [2.24, 2.45) is 0 Å². The molecule has 0 unspecified atom stereocenters. The summed E-state index contributed by atoms with van der Waals surface area (Å²) in [5, 5.41) is 6.30. The van der Waals surface area contributed by atoms with Crippen LogP contribution in [0.4, 0.5) is 17.1 Å². The molecule has 0 saturated carbocycles. The average molecular weight is 725 g/mol. The van der Waals surface area contributed by atoms with Gasteiger partial charge in [0.25, 0.3) is 0 Å². The van der Waals surface area contributed by atoms with Crippen LogP contribution >= 0.6 is 11.3 Å². The van der Waals surface area contributed by atoms with Gasteiger partial charge in [0.15, 0.2) is 0 Å². The van der Waals surface area contributed by atoms with Crippen LogP contribution in [0.15, 0.2) is 204 Å². The first kappa shape index (κ1) is 26.8. The van der Waals surface area contributed by atoms with Crippen LogP contribution in [0, 0.1) is 0 Å². The third-order valence-corrected chi connectivity index (χ3v) is 11.9. The zero-order valence-corrected chi connectivity index (χ0v) is 30.2. The third-order valence-electron chi connectivity index (χ3n) is 10.6. The van der Waals surface area contributed by atoms with Crippen molar-refractivity contribution < 1.29 is 11.3 Å². The van der Waals surface area contributed by atoms with E-state index in [1.807, 2.05) is 65.9 Å². The number of benzene rings is 9. The molecule has 0 saturated heterocycles. The first-order valence-corrected chi connectivity index (χ1v) is 19.1. The lowest BCUT2D eigenvalue weighted by atomic mass is 9.92. The molecule has 3 heteroatoms. The number of fused-ring (bicyclic) bond motifs is 7. The first-order chi connectivity index (χ1) is 29.4. The molecule has 11 aromatic rings. The largest absolute Gasteiger partial charge is 0.456 e. The van der Waals surface area contributed by atoms with Gasteiger partial charge in [0.05, 0.1) is 17.2 Å². The van der Waals surface area contributed by atoms with Crippen LogP contribution in [-0.4, -0.2) is 0 Å². The Kier molecular flexibility index (Phi) is 6.27. The van der Waals surface area contributed by atoms with Crippen LogP contribution in [0.3, 0.4) is 0 Å². The maximum atomic E-state index is 8.69. The molecule has 0 aliphatic carbocycles. The second kappa shape index (κ2) is 12.9. The van der Waals surface area contributed by atoms with Gasteiger partial charge in [-0.2, -0.15) is 0 Å². The maximum absolute atomic E-state index is 8.69. The molecule has 0 spiro atoms. The Hall–Kier alpha value is -6.94. The summed E-state index contributed by atoms with van der Waals surface area (Å²) in [6.07, 6.45) is 0. The van der Waals surface area contributed by atoms with E-state index in [9.17, 15) is 0 Å². The molecule has 0 fully saturated rings. The fourth-order valence-corrected chi connectivity index (χ4v) is 9.39. The average Bonchev–Trinajstić information content (AvgIpc) is 3.87. The molecule has 258 valence electrons. The highest BCUT2D eigenvalue weighted by Gasteiger charge is 2.21. The smallest absolute Gasteiger partial charge is 0.137 e. The Morgan fingerprint density at radius 1 is 0.400 bits per heavy atom. The number of furan rings is 1. The Labute approximate surface area is 329 Å². The molecule has 2 nitrogen and oxygen atoms in total. The molecule has 2 aromatic heterocycles. The van der Waals surface area contributed by atoms with E-state index in [1.54, 1.807) is 0 Å². The van der Waals surface area contributed by atoms with Crippen LogP contribution in [-0.2, 0) is 0 Å². The van der Waals surface area contributed by atoms with E-state index in [2.05, 4.69) is 120 Å². The summed E-state index contributed by atoms with van der Waals surface area (Å²) in [7, 11) is 0. The predicted octanol–water partition coefficient (Wildman–Crippen LogP) is 15.6. The van der Waals surface area contributed by atoms with Crippen LogP contribution in [0.2, 0.25) is 0 Å². The van der Waals surface area contributed by atoms with Crippen LogP contribution in [0.5, 0.6) is 0 Å². The molecule has 55 heavy (non-hydrogen) atoms. The molecule has 0 aliphatic heterocycles. The van der Waals surface area contributed by atoms with Gasteiger partial charge in [-0.1, -0.05) is 158 Å². The zero-order chi connectivity index (χ0) is 40.6. The molecule has 0 bridgehead atoms. The van der Waals surface area contributed by atoms with Gasteiger partial charge in [0.2, 0.25) is 0 Å². The van der Waals surface area contributed by atoms with Crippen molar-refractivity contribution in [1.82, 2.24) is 0 Å². The van der Waals surface area contributed by atoms with Crippen LogP contribution in [0.1, 0.15) is 6.85 Å². The lowest BCUT2D eigenvalue weighted by Crippen LogP contribution is -2.10. The highest BCUT2D eigenvalue weighted by molar-refractivity contribution is 7.27. The topological polar surface area (TPSA) is 16.4 Å². The molecule has 0 atom stereocenters.